The average molecular weight is 401 g/mol. The number of hydrogen-bond acceptors (Lipinski definition) is 6. The van der Waals surface area contributed by atoms with E-state index in [4.69, 9.17) is 4.74 Å². The summed E-state index contributed by atoms with van der Waals surface area (Å²) in [6.07, 6.45) is 1.77. The molecular formula is C20H24N4O3S. The molecule has 1 aliphatic rings. The number of anilines is 2. The van der Waals surface area contributed by atoms with E-state index in [1.165, 1.54) is 7.11 Å². The molecule has 3 rings (SSSR count). The normalized spacial score (nSPS) is 13.7. The van der Waals surface area contributed by atoms with Crippen molar-refractivity contribution in [3.8, 4) is 0 Å². The number of aromatic nitrogens is 1. The van der Waals surface area contributed by atoms with Gasteiger partial charge in [0.1, 0.15) is 5.82 Å². The number of pyridine rings is 1. The van der Waals surface area contributed by atoms with Crippen molar-refractivity contribution in [1.29, 1.82) is 0 Å². The van der Waals surface area contributed by atoms with E-state index >= 15 is 0 Å². The first-order valence-electron chi connectivity index (χ1n) is 9.08. The lowest BCUT2D eigenvalue weighted by Gasteiger charge is -2.27. The third kappa shape index (κ3) is 5.16. The Hall–Kier alpha value is -2.74. The standard InChI is InChI=1S/C20H24N4O3S/c1-14-3-4-16(19(25)27-2)17(11-14)23-20(26)22-13-15-5-6-21-18(12-15)24-7-9-28-10-8-24/h3-6,11-12H,7-10,13H2,1-2H3,(H2,22,23,26). The molecule has 2 aromatic rings. The summed E-state index contributed by atoms with van der Waals surface area (Å²) in [5.74, 6) is 2.65. The van der Waals surface area contributed by atoms with Gasteiger partial charge in [-0.1, -0.05) is 6.07 Å². The second-order valence-corrected chi connectivity index (χ2v) is 7.69. The van der Waals surface area contributed by atoms with Gasteiger partial charge in [0.25, 0.3) is 0 Å². The number of esters is 1. The zero-order chi connectivity index (χ0) is 19.9. The predicted molar refractivity (Wildman–Crippen MR) is 112 cm³/mol. The number of aryl methyl sites for hydroxylation is 1. The third-order valence-corrected chi connectivity index (χ3v) is 5.37. The molecule has 1 fully saturated rings. The zero-order valence-corrected chi connectivity index (χ0v) is 16.8. The van der Waals surface area contributed by atoms with Crippen molar-refractivity contribution in [2.45, 2.75) is 13.5 Å². The Morgan fingerprint density at radius 2 is 2.00 bits per heavy atom. The van der Waals surface area contributed by atoms with E-state index in [0.717, 1.165) is 41.5 Å². The summed E-state index contributed by atoms with van der Waals surface area (Å²) < 4.78 is 4.77. The molecule has 2 heterocycles. The van der Waals surface area contributed by atoms with Crippen LogP contribution in [-0.2, 0) is 11.3 Å². The van der Waals surface area contributed by atoms with Crippen molar-refractivity contribution in [1.82, 2.24) is 10.3 Å². The number of urea groups is 1. The van der Waals surface area contributed by atoms with Gasteiger partial charge < -0.3 is 20.3 Å². The van der Waals surface area contributed by atoms with Crippen LogP contribution in [-0.4, -0.2) is 48.7 Å². The molecule has 1 aromatic heterocycles. The summed E-state index contributed by atoms with van der Waals surface area (Å²) in [5.41, 5.74) is 2.64. The molecule has 2 amide bonds. The van der Waals surface area contributed by atoms with Crippen molar-refractivity contribution in [3.63, 3.8) is 0 Å². The fourth-order valence-electron chi connectivity index (χ4n) is 2.93. The van der Waals surface area contributed by atoms with E-state index in [1.54, 1.807) is 24.4 Å². The number of amides is 2. The van der Waals surface area contributed by atoms with Crippen molar-refractivity contribution >= 4 is 35.3 Å². The van der Waals surface area contributed by atoms with Gasteiger partial charge in [-0.15, -0.1) is 0 Å². The van der Waals surface area contributed by atoms with Crippen LogP contribution in [0.2, 0.25) is 0 Å². The van der Waals surface area contributed by atoms with Gasteiger partial charge in [-0.25, -0.2) is 14.6 Å². The zero-order valence-electron chi connectivity index (χ0n) is 16.0. The van der Waals surface area contributed by atoms with E-state index in [0.29, 0.717) is 17.8 Å². The Morgan fingerprint density at radius 3 is 2.75 bits per heavy atom. The molecule has 148 valence electrons. The van der Waals surface area contributed by atoms with E-state index in [-0.39, 0.29) is 6.03 Å². The Labute approximate surface area is 168 Å². The Balaban J connectivity index is 1.62. The first-order chi connectivity index (χ1) is 13.6. The lowest BCUT2D eigenvalue weighted by Crippen LogP contribution is -2.33. The van der Waals surface area contributed by atoms with Gasteiger partial charge in [-0.2, -0.15) is 11.8 Å². The number of ether oxygens (including phenoxy) is 1. The maximum atomic E-state index is 12.3. The summed E-state index contributed by atoms with van der Waals surface area (Å²) in [6.45, 7) is 4.22. The smallest absolute Gasteiger partial charge is 0.339 e. The molecule has 7 nitrogen and oxygen atoms in total. The van der Waals surface area contributed by atoms with E-state index in [9.17, 15) is 9.59 Å². The molecule has 1 saturated heterocycles. The fraction of sp³-hybridized carbons (Fsp3) is 0.350. The quantitative estimate of drug-likeness (QED) is 0.751. The third-order valence-electron chi connectivity index (χ3n) is 4.43. The molecule has 0 spiro atoms. The van der Waals surface area contributed by atoms with Crippen molar-refractivity contribution in [2.75, 3.05) is 41.9 Å². The minimum atomic E-state index is -0.492. The van der Waals surface area contributed by atoms with Crippen LogP contribution in [0, 0.1) is 6.92 Å². The molecule has 0 aliphatic carbocycles. The number of nitrogens with zero attached hydrogens (tertiary/aromatic N) is 2. The molecule has 8 heteroatoms. The monoisotopic (exact) mass is 400 g/mol. The summed E-state index contributed by atoms with van der Waals surface area (Å²) in [5, 5.41) is 5.56. The maximum absolute atomic E-state index is 12.3. The highest BCUT2D eigenvalue weighted by Crippen LogP contribution is 2.19. The minimum absolute atomic E-state index is 0.317. The topological polar surface area (TPSA) is 83.6 Å². The molecule has 1 aromatic carbocycles. The number of nitrogens with one attached hydrogen (secondary N) is 2. The molecule has 0 bridgehead atoms. The van der Waals surface area contributed by atoms with E-state index in [1.807, 2.05) is 30.8 Å². The van der Waals surface area contributed by atoms with Crippen LogP contribution in [0.3, 0.4) is 0 Å². The first kappa shape index (κ1) is 20.0. The Kier molecular flexibility index (Phi) is 6.76. The van der Waals surface area contributed by atoms with Crippen LogP contribution < -0.4 is 15.5 Å². The number of benzene rings is 1. The van der Waals surface area contributed by atoms with Crippen molar-refractivity contribution < 1.29 is 14.3 Å². The molecule has 1 aliphatic heterocycles. The van der Waals surface area contributed by atoms with E-state index in [2.05, 4.69) is 20.5 Å². The highest BCUT2D eigenvalue weighted by molar-refractivity contribution is 7.99. The molecule has 2 N–H and O–H groups in total. The van der Waals surface area contributed by atoms with Gasteiger partial charge in [0.15, 0.2) is 0 Å². The van der Waals surface area contributed by atoms with Crippen LogP contribution >= 0.6 is 11.8 Å². The minimum Gasteiger partial charge on any atom is -0.465 e. The summed E-state index contributed by atoms with van der Waals surface area (Å²) in [6, 6.07) is 8.68. The summed E-state index contributed by atoms with van der Waals surface area (Å²) >= 11 is 1.95. The maximum Gasteiger partial charge on any atom is 0.339 e. The van der Waals surface area contributed by atoms with Gasteiger partial charge in [-0.3, -0.25) is 0 Å². The Bertz CT molecular complexity index is 853. The highest BCUT2D eigenvalue weighted by atomic mass is 32.2. The van der Waals surface area contributed by atoms with Gasteiger partial charge in [-0.05, 0) is 42.3 Å². The van der Waals surface area contributed by atoms with Gasteiger partial charge in [0.05, 0.1) is 18.4 Å². The summed E-state index contributed by atoms with van der Waals surface area (Å²) in [7, 11) is 1.31. The number of carbonyl (C=O) groups excluding carboxylic acids is 2. The second-order valence-electron chi connectivity index (χ2n) is 6.47. The highest BCUT2D eigenvalue weighted by Gasteiger charge is 2.15. The van der Waals surface area contributed by atoms with Gasteiger partial charge in [0.2, 0.25) is 0 Å². The molecular weight excluding hydrogens is 376 g/mol. The number of thioether (sulfide) groups is 1. The van der Waals surface area contributed by atoms with Crippen LogP contribution in [0.25, 0.3) is 0 Å². The number of methoxy groups -OCH3 is 1. The van der Waals surface area contributed by atoms with E-state index < -0.39 is 5.97 Å². The van der Waals surface area contributed by atoms with Crippen LogP contribution in [0.5, 0.6) is 0 Å². The number of hydrogen-bond donors (Lipinski definition) is 2. The molecule has 0 radical (unpaired) electrons. The SMILES string of the molecule is COC(=O)c1ccc(C)cc1NC(=O)NCc1ccnc(N2CCSCC2)c1. The molecule has 0 saturated carbocycles. The van der Waals surface area contributed by atoms with Crippen molar-refractivity contribution in [2.24, 2.45) is 0 Å². The lowest BCUT2D eigenvalue weighted by atomic mass is 10.1. The first-order valence-corrected chi connectivity index (χ1v) is 10.2. The van der Waals surface area contributed by atoms with Crippen LogP contribution in [0.1, 0.15) is 21.5 Å². The van der Waals surface area contributed by atoms with Crippen LogP contribution in [0.4, 0.5) is 16.3 Å². The van der Waals surface area contributed by atoms with Gasteiger partial charge in [0, 0.05) is 37.3 Å². The molecule has 0 unspecified atom stereocenters. The Morgan fingerprint density at radius 1 is 1.21 bits per heavy atom. The van der Waals surface area contributed by atoms with Crippen molar-refractivity contribution in [3.05, 3.63) is 53.2 Å². The molecule has 0 atom stereocenters. The lowest BCUT2D eigenvalue weighted by molar-refractivity contribution is 0.0602. The van der Waals surface area contributed by atoms with Gasteiger partial charge >= 0.3 is 12.0 Å². The summed E-state index contributed by atoms with van der Waals surface area (Å²) in [4.78, 5) is 30.9. The fourth-order valence-corrected chi connectivity index (χ4v) is 3.84. The largest absolute Gasteiger partial charge is 0.465 e. The number of rotatable bonds is 5. The second kappa shape index (κ2) is 9.45. The number of carbonyl (C=O) groups is 2. The van der Waals surface area contributed by atoms with Crippen LogP contribution in [0.15, 0.2) is 36.5 Å². The predicted octanol–water partition coefficient (Wildman–Crippen LogP) is 3.05. The average Bonchev–Trinajstić information content (AvgIpc) is 2.73. The molecule has 28 heavy (non-hydrogen) atoms.